The third kappa shape index (κ3) is 2.03. The van der Waals surface area contributed by atoms with Crippen molar-refractivity contribution in [2.24, 2.45) is 18.4 Å². The highest BCUT2D eigenvalue weighted by Gasteiger charge is 2.48. The Labute approximate surface area is 100 Å². The smallest absolute Gasteiger partial charge is 0.240 e. The van der Waals surface area contributed by atoms with Crippen molar-refractivity contribution in [2.45, 2.75) is 26.3 Å². The van der Waals surface area contributed by atoms with Crippen LogP contribution in [0.3, 0.4) is 0 Å². The van der Waals surface area contributed by atoms with Crippen molar-refractivity contribution >= 4 is 5.91 Å². The predicted octanol–water partition coefficient (Wildman–Crippen LogP) is 0.976. The quantitative estimate of drug-likeness (QED) is 0.844. The molecule has 17 heavy (non-hydrogen) atoms. The molecule has 1 aromatic heterocycles. The third-order valence-corrected chi connectivity index (χ3v) is 3.37. The van der Waals surface area contributed by atoms with Gasteiger partial charge in [0.2, 0.25) is 5.91 Å². The number of nitrogens with zero attached hydrogens (tertiary/aromatic N) is 3. The van der Waals surface area contributed by atoms with E-state index in [1.54, 1.807) is 6.20 Å². The minimum Gasteiger partial charge on any atom is -0.347 e. The van der Waals surface area contributed by atoms with Gasteiger partial charge in [0.25, 0.3) is 0 Å². The van der Waals surface area contributed by atoms with Gasteiger partial charge in [0.15, 0.2) is 0 Å². The van der Waals surface area contributed by atoms with Crippen LogP contribution in [0.25, 0.3) is 0 Å². The maximum atomic E-state index is 12.0. The SMILES string of the molecule is CC1CC(C#N)(C(=O)NCc2nccn2C)C1. The van der Waals surface area contributed by atoms with Gasteiger partial charge in [-0.15, -0.1) is 0 Å². The van der Waals surface area contributed by atoms with Crippen LogP contribution in [0.5, 0.6) is 0 Å². The molecular formula is C12H16N4O. The van der Waals surface area contributed by atoms with Crippen molar-refractivity contribution in [3.8, 4) is 6.07 Å². The van der Waals surface area contributed by atoms with Gasteiger partial charge in [-0.1, -0.05) is 6.92 Å². The summed E-state index contributed by atoms with van der Waals surface area (Å²) in [7, 11) is 1.87. The van der Waals surface area contributed by atoms with E-state index in [-0.39, 0.29) is 5.91 Å². The first-order valence-corrected chi connectivity index (χ1v) is 5.73. The monoisotopic (exact) mass is 232 g/mol. The molecule has 1 fully saturated rings. The summed E-state index contributed by atoms with van der Waals surface area (Å²) in [5, 5.41) is 11.9. The van der Waals surface area contributed by atoms with Crippen LogP contribution >= 0.6 is 0 Å². The number of hydrogen-bond donors (Lipinski definition) is 1. The highest BCUT2D eigenvalue weighted by molar-refractivity contribution is 5.86. The topological polar surface area (TPSA) is 70.7 Å². The number of nitrogens with one attached hydrogen (secondary N) is 1. The molecule has 5 heteroatoms. The fraction of sp³-hybridized carbons (Fsp3) is 0.583. The second-order valence-corrected chi connectivity index (χ2v) is 4.84. The summed E-state index contributed by atoms with van der Waals surface area (Å²) in [5.41, 5.74) is -0.801. The Morgan fingerprint density at radius 1 is 1.76 bits per heavy atom. The Hall–Kier alpha value is -1.83. The van der Waals surface area contributed by atoms with Crippen LogP contribution in [0, 0.1) is 22.7 Å². The molecule has 0 saturated heterocycles. The lowest BCUT2D eigenvalue weighted by Crippen LogP contribution is -2.48. The first-order chi connectivity index (χ1) is 8.07. The summed E-state index contributed by atoms with van der Waals surface area (Å²) in [6.45, 7) is 2.43. The summed E-state index contributed by atoms with van der Waals surface area (Å²) in [4.78, 5) is 16.1. The molecule has 1 aliphatic rings. The number of carbonyl (C=O) groups is 1. The number of rotatable bonds is 3. The summed E-state index contributed by atoms with van der Waals surface area (Å²) in [6.07, 6.45) is 4.84. The fourth-order valence-electron chi connectivity index (χ4n) is 2.35. The van der Waals surface area contributed by atoms with E-state index in [4.69, 9.17) is 5.26 Å². The molecule has 90 valence electrons. The molecular weight excluding hydrogens is 216 g/mol. The normalized spacial score (nSPS) is 27.0. The van der Waals surface area contributed by atoms with E-state index in [0.29, 0.717) is 25.3 Å². The van der Waals surface area contributed by atoms with Crippen molar-refractivity contribution in [1.29, 1.82) is 5.26 Å². The molecule has 1 saturated carbocycles. The number of imidazole rings is 1. The van der Waals surface area contributed by atoms with Gasteiger partial charge in [0, 0.05) is 19.4 Å². The number of aromatic nitrogens is 2. The molecule has 0 spiro atoms. The maximum Gasteiger partial charge on any atom is 0.240 e. The van der Waals surface area contributed by atoms with Gasteiger partial charge in [-0.3, -0.25) is 4.79 Å². The molecule has 1 aromatic rings. The zero-order valence-corrected chi connectivity index (χ0v) is 10.1. The minimum atomic E-state index is -0.801. The van der Waals surface area contributed by atoms with Crippen LogP contribution in [-0.4, -0.2) is 15.5 Å². The molecule has 0 aliphatic heterocycles. The first kappa shape index (κ1) is 11.6. The molecule has 0 bridgehead atoms. The van der Waals surface area contributed by atoms with E-state index >= 15 is 0 Å². The van der Waals surface area contributed by atoms with E-state index in [2.05, 4.69) is 23.3 Å². The number of hydrogen-bond acceptors (Lipinski definition) is 3. The standard InChI is InChI=1S/C12H16N4O/c1-9-5-12(6-9,8-13)11(17)15-7-10-14-3-4-16(10)2/h3-4,9H,5-7H2,1-2H3,(H,15,17). The van der Waals surface area contributed by atoms with Gasteiger partial charge < -0.3 is 9.88 Å². The molecule has 0 radical (unpaired) electrons. The molecule has 0 atom stereocenters. The van der Waals surface area contributed by atoms with Crippen molar-refractivity contribution in [3.63, 3.8) is 0 Å². The zero-order chi connectivity index (χ0) is 12.5. The summed E-state index contributed by atoms with van der Waals surface area (Å²) < 4.78 is 1.85. The van der Waals surface area contributed by atoms with E-state index < -0.39 is 5.41 Å². The Morgan fingerprint density at radius 2 is 2.47 bits per heavy atom. The number of nitriles is 1. The lowest BCUT2D eigenvalue weighted by atomic mass is 9.63. The molecule has 1 N–H and O–H groups in total. The Kier molecular flexibility index (Phi) is 2.88. The molecule has 1 amide bonds. The van der Waals surface area contributed by atoms with Crippen molar-refractivity contribution in [2.75, 3.05) is 0 Å². The average molecular weight is 232 g/mol. The largest absolute Gasteiger partial charge is 0.347 e. The van der Waals surface area contributed by atoms with Gasteiger partial charge in [0.05, 0.1) is 12.6 Å². The molecule has 2 rings (SSSR count). The highest BCUT2D eigenvalue weighted by atomic mass is 16.2. The van der Waals surface area contributed by atoms with Crippen LogP contribution in [0.15, 0.2) is 12.4 Å². The van der Waals surface area contributed by atoms with Crippen LogP contribution < -0.4 is 5.32 Å². The van der Waals surface area contributed by atoms with Crippen molar-refractivity contribution in [1.82, 2.24) is 14.9 Å². The second-order valence-electron chi connectivity index (χ2n) is 4.84. The van der Waals surface area contributed by atoms with Crippen LogP contribution in [0.4, 0.5) is 0 Å². The molecule has 5 nitrogen and oxygen atoms in total. The fourth-order valence-corrected chi connectivity index (χ4v) is 2.35. The zero-order valence-electron chi connectivity index (χ0n) is 10.1. The molecule has 1 aliphatic carbocycles. The van der Waals surface area contributed by atoms with Gasteiger partial charge in [0.1, 0.15) is 11.2 Å². The minimum absolute atomic E-state index is 0.166. The lowest BCUT2D eigenvalue weighted by Gasteiger charge is -2.39. The second kappa shape index (κ2) is 4.21. The average Bonchev–Trinajstić information content (AvgIpc) is 2.67. The summed E-state index contributed by atoms with van der Waals surface area (Å²) in [6, 6.07) is 2.15. The van der Waals surface area contributed by atoms with Gasteiger partial charge in [-0.25, -0.2) is 4.98 Å². The Morgan fingerprint density at radius 3 is 2.94 bits per heavy atom. The molecule has 0 unspecified atom stereocenters. The van der Waals surface area contributed by atoms with Crippen LogP contribution in [0.2, 0.25) is 0 Å². The van der Waals surface area contributed by atoms with Crippen molar-refractivity contribution < 1.29 is 4.79 Å². The van der Waals surface area contributed by atoms with Gasteiger partial charge in [-0.2, -0.15) is 5.26 Å². The molecule has 0 aromatic carbocycles. The van der Waals surface area contributed by atoms with E-state index in [0.717, 1.165) is 5.82 Å². The maximum absolute atomic E-state index is 12.0. The summed E-state index contributed by atoms with van der Waals surface area (Å²) in [5.74, 6) is 1.09. The third-order valence-electron chi connectivity index (χ3n) is 3.37. The van der Waals surface area contributed by atoms with Crippen molar-refractivity contribution in [3.05, 3.63) is 18.2 Å². The molecule has 1 heterocycles. The number of carbonyl (C=O) groups excluding carboxylic acids is 1. The summed E-state index contributed by atoms with van der Waals surface area (Å²) >= 11 is 0. The van der Waals surface area contributed by atoms with Crippen LogP contribution in [-0.2, 0) is 18.4 Å². The number of aryl methyl sites for hydroxylation is 1. The highest BCUT2D eigenvalue weighted by Crippen LogP contribution is 2.45. The van der Waals surface area contributed by atoms with Gasteiger partial charge in [-0.05, 0) is 18.8 Å². The van der Waals surface area contributed by atoms with E-state index in [1.165, 1.54) is 0 Å². The predicted molar refractivity (Wildman–Crippen MR) is 61.5 cm³/mol. The lowest BCUT2D eigenvalue weighted by molar-refractivity contribution is -0.134. The first-order valence-electron chi connectivity index (χ1n) is 5.73. The van der Waals surface area contributed by atoms with Gasteiger partial charge >= 0.3 is 0 Å². The Bertz CT molecular complexity index is 465. The van der Waals surface area contributed by atoms with Crippen LogP contribution in [0.1, 0.15) is 25.6 Å². The van der Waals surface area contributed by atoms with E-state index in [9.17, 15) is 4.79 Å². The number of amides is 1. The van der Waals surface area contributed by atoms with E-state index in [1.807, 2.05) is 17.8 Å². The Balaban J connectivity index is 1.94.